The second-order valence-electron chi connectivity index (χ2n) is 2.52. The molecule has 0 aliphatic carbocycles. The van der Waals surface area contributed by atoms with Crippen molar-refractivity contribution in [2.45, 2.75) is 12.5 Å². The van der Waals surface area contributed by atoms with Crippen molar-refractivity contribution in [2.75, 3.05) is 6.61 Å². The molecule has 1 rings (SSSR count). The molecular formula is C8H11BrN2O. The highest BCUT2D eigenvalue weighted by atomic mass is 79.9. The molecule has 1 aromatic heterocycles. The first-order valence-electron chi connectivity index (χ1n) is 3.71. The summed E-state index contributed by atoms with van der Waals surface area (Å²) >= 11 is 3.37. The number of hydrogen-bond acceptors (Lipinski definition) is 3. The van der Waals surface area contributed by atoms with Gasteiger partial charge in [0, 0.05) is 35.1 Å². The molecule has 4 heteroatoms. The van der Waals surface area contributed by atoms with Gasteiger partial charge in [0.05, 0.1) is 0 Å². The molecule has 0 aliphatic heterocycles. The Labute approximate surface area is 79.7 Å². The van der Waals surface area contributed by atoms with Crippen LogP contribution in [0.2, 0.25) is 0 Å². The van der Waals surface area contributed by atoms with Crippen molar-refractivity contribution in [1.29, 1.82) is 0 Å². The van der Waals surface area contributed by atoms with Gasteiger partial charge in [0.1, 0.15) is 0 Å². The summed E-state index contributed by atoms with van der Waals surface area (Å²) in [6.07, 6.45) is 3.97. The van der Waals surface area contributed by atoms with Crippen molar-refractivity contribution in [3.8, 4) is 0 Å². The summed E-state index contributed by atoms with van der Waals surface area (Å²) in [6, 6.07) is 1.70. The minimum absolute atomic E-state index is 0.0997. The van der Waals surface area contributed by atoms with E-state index < -0.39 is 0 Å². The van der Waals surface area contributed by atoms with Gasteiger partial charge in [-0.2, -0.15) is 0 Å². The van der Waals surface area contributed by atoms with E-state index in [9.17, 15) is 0 Å². The number of aliphatic hydroxyl groups excluding tert-OH is 1. The van der Waals surface area contributed by atoms with E-state index in [1.807, 2.05) is 6.07 Å². The molecular weight excluding hydrogens is 220 g/mol. The summed E-state index contributed by atoms with van der Waals surface area (Å²) in [5.74, 6) is 0. The third kappa shape index (κ3) is 2.27. The normalized spacial score (nSPS) is 12.9. The maximum atomic E-state index is 8.67. The number of aliphatic hydroxyl groups is 1. The standard InChI is InChI=1S/C8H11BrN2O/c9-7-1-3-11-5-6(7)8(10)2-4-12/h1,3,5,8,12H,2,4,10H2/t8-/m1/s1. The highest BCUT2D eigenvalue weighted by Gasteiger charge is 2.08. The summed E-state index contributed by atoms with van der Waals surface area (Å²) in [4.78, 5) is 3.96. The predicted molar refractivity (Wildman–Crippen MR) is 50.6 cm³/mol. The zero-order valence-electron chi connectivity index (χ0n) is 6.57. The van der Waals surface area contributed by atoms with Crippen molar-refractivity contribution < 1.29 is 5.11 Å². The molecule has 0 saturated carbocycles. The fraction of sp³-hybridized carbons (Fsp3) is 0.375. The SMILES string of the molecule is N[C@H](CCO)c1cnccc1Br. The van der Waals surface area contributed by atoms with Crippen molar-refractivity contribution in [2.24, 2.45) is 5.73 Å². The van der Waals surface area contributed by atoms with Crippen LogP contribution in [0.3, 0.4) is 0 Å². The number of pyridine rings is 1. The Kier molecular flexibility index (Phi) is 3.65. The van der Waals surface area contributed by atoms with Gasteiger partial charge in [0.25, 0.3) is 0 Å². The lowest BCUT2D eigenvalue weighted by Gasteiger charge is -2.10. The first kappa shape index (κ1) is 9.64. The Morgan fingerprint density at radius 1 is 1.67 bits per heavy atom. The van der Waals surface area contributed by atoms with E-state index >= 15 is 0 Å². The van der Waals surface area contributed by atoms with Gasteiger partial charge in [0.2, 0.25) is 0 Å². The molecule has 0 spiro atoms. The monoisotopic (exact) mass is 230 g/mol. The van der Waals surface area contributed by atoms with Crippen LogP contribution in [-0.4, -0.2) is 16.7 Å². The largest absolute Gasteiger partial charge is 0.396 e. The van der Waals surface area contributed by atoms with Crippen molar-refractivity contribution in [3.63, 3.8) is 0 Å². The predicted octanol–water partition coefficient (Wildman–Crippen LogP) is 1.23. The maximum Gasteiger partial charge on any atom is 0.0449 e. The van der Waals surface area contributed by atoms with Crippen molar-refractivity contribution >= 4 is 15.9 Å². The molecule has 0 amide bonds. The molecule has 1 heterocycles. The van der Waals surface area contributed by atoms with E-state index in [0.29, 0.717) is 6.42 Å². The fourth-order valence-corrected chi connectivity index (χ4v) is 1.47. The number of nitrogens with two attached hydrogens (primary N) is 1. The molecule has 0 aromatic carbocycles. The van der Waals surface area contributed by atoms with Crippen LogP contribution in [0.15, 0.2) is 22.9 Å². The minimum atomic E-state index is -0.141. The number of nitrogens with zero attached hydrogens (tertiary/aromatic N) is 1. The number of rotatable bonds is 3. The average molecular weight is 231 g/mol. The molecule has 3 nitrogen and oxygen atoms in total. The van der Waals surface area contributed by atoms with E-state index in [-0.39, 0.29) is 12.6 Å². The summed E-state index contributed by atoms with van der Waals surface area (Å²) in [5.41, 5.74) is 6.71. The van der Waals surface area contributed by atoms with Gasteiger partial charge < -0.3 is 10.8 Å². The van der Waals surface area contributed by atoms with Gasteiger partial charge >= 0.3 is 0 Å². The number of hydrogen-bond donors (Lipinski definition) is 2. The summed E-state index contributed by atoms with van der Waals surface area (Å²) in [7, 11) is 0. The lowest BCUT2D eigenvalue weighted by molar-refractivity contribution is 0.276. The smallest absolute Gasteiger partial charge is 0.0449 e. The summed E-state index contributed by atoms with van der Waals surface area (Å²) in [6.45, 7) is 0.0997. The Morgan fingerprint density at radius 2 is 2.42 bits per heavy atom. The zero-order valence-corrected chi connectivity index (χ0v) is 8.16. The molecule has 66 valence electrons. The van der Waals surface area contributed by atoms with Gasteiger partial charge in [-0.3, -0.25) is 4.98 Å². The molecule has 0 fully saturated rings. The van der Waals surface area contributed by atoms with E-state index in [1.54, 1.807) is 12.4 Å². The Balaban J connectivity index is 2.79. The first-order chi connectivity index (χ1) is 5.75. The molecule has 1 atom stereocenters. The van der Waals surface area contributed by atoms with E-state index in [4.69, 9.17) is 10.8 Å². The Morgan fingerprint density at radius 3 is 3.00 bits per heavy atom. The molecule has 12 heavy (non-hydrogen) atoms. The van der Waals surface area contributed by atoms with Crippen LogP contribution in [0, 0.1) is 0 Å². The highest BCUT2D eigenvalue weighted by molar-refractivity contribution is 9.10. The first-order valence-corrected chi connectivity index (χ1v) is 4.51. The molecule has 0 aliphatic rings. The van der Waals surface area contributed by atoms with E-state index in [2.05, 4.69) is 20.9 Å². The third-order valence-electron chi connectivity index (χ3n) is 1.64. The lowest BCUT2D eigenvalue weighted by Crippen LogP contribution is -2.12. The lowest BCUT2D eigenvalue weighted by atomic mass is 10.1. The van der Waals surface area contributed by atoms with E-state index in [0.717, 1.165) is 10.0 Å². The topological polar surface area (TPSA) is 59.1 Å². The number of aromatic nitrogens is 1. The van der Waals surface area contributed by atoms with Gasteiger partial charge in [-0.05, 0) is 12.5 Å². The van der Waals surface area contributed by atoms with Crippen molar-refractivity contribution in [3.05, 3.63) is 28.5 Å². The Hall–Kier alpha value is -0.450. The van der Waals surface area contributed by atoms with Crippen molar-refractivity contribution in [1.82, 2.24) is 4.98 Å². The molecule has 0 bridgehead atoms. The molecule has 3 N–H and O–H groups in total. The quantitative estimate of drug-likeness (QED) is 0.822. The molecule has 1 aromatic rings. The van der Waals surface area contributed by atoms with Crippen LogP contribution >= 0.6 is 15.9 Å². The Bertz CT molecular complexity index is 255. The summed E-state index contributed by atoms with van der Waals surface area (Å²) < 4.78 is 0.943. The van der Waals surface area contributed by atoms with Gasteiger partial charge in [-0.25, -0.2) is 0 Å². The second-order valence-corrected chi connectivity index (χ2v) is 3.37. The van der Waals surface area contributed by atoms with Crippen LogP contribution in [-0.2, 0) is 0 Å². The second kappa shape index (κ2) is 4.54. The molecule has 0 unspecified atom stereocenters. The third-order valence-corrected chi connectivity index (χ3v) is 2.36. The minimum Gasteiger partial charge on any atom is -0.396 e. The summed E-state index contributed by atoms with van der Waals surface area (Å²) in [5, 5.41) is 8.67. The fourth-order valence-electron chi connectivity index (χ4n) is 0.957. The van der Waals surface area contributed by atoms with Gasteiger partial charge in [-0.15, -0.1) is 0 Å². The van der Waals surface area contributed by atoms with Crippen LogP contribution in [0.4, 0.5) is 0 Å². The van der Waals surface area contributed by atoms with Crippen LogP contribution in [0.1, 0.15) is 18.0 Å². The average Bonchev–Trinajstić information content (AvgIpc) is 2.05. The highest BCUT2D eigenvalue weighted by Crippen LogP contribution is 2.21. The van der Waals surface area contributed by atoms with Gasteiger partial charge in [0.15, 0.2) is 0 Å². The van der Waals surface area contributed by atoms with Crippen LogP contribution < -0.4 is 5.73 Å². The number of halogens is 1. The maximum absolute atomic E-state index is 8.67. The zero-order chi connectivity index (χ0) is 8.97. The van der Waals surface area contributed by atoms with Gasteiger partial charge in [-0.1, -0.05) is 15.9 Å². The van der Waals surface area contributed by atoms with Crippen LogP contribution in [0.25, 0.3) is 0 Å². The van der Waals surface area contributed by atoms with Crippen LogP contribution in [0.5, 0.6) is 0 Å². The van der Waals surface area contributed by atoms with E-state index in [1.165, 1.54) is 0 Å². The molecule has 0 saturated heterocycles. The molecule has 0 radical (unpaired) electrons.